The van der Waals surface area contributed by atoms with Crippen LogP contribution in [0.25, 0.3) is 0 Å². The lowest BCUT2D eigenvalue weighted by molar-refractivity contribution is -0.120. The zero-order valence-corrected chi connectivity index (χ0v) is 10.2. The summed E-state index contributed by atoms with van der Waals surface area (Å²) in [7, 11) is 0. The fourth-order valence-electron chi connectivity index (χ4n) is 1.04. The summed E-state index contributed by atoms with van der Waals surface area (Å²) in [6.45, 7) is 8.28. The molecule has 1 amide bonds. The second-order valence-corrected chi connectivity index (χ2v) is 4.65. The van der Waals surface area contributed by atoms with Crippen molar-refractivity contribution in [2.75, 3.05) is 0 Å². The standard InChI is InChI=1S/C11H18N4O/c1-5-9(16)12-6-8-7-13-10(15-14-8)11(2,3)4/h7H,5-6H2,1-4H3,(H,12,16). The highest BCUT2D eigenvalue weighted by Crippen LogP contribution is 2.16. The normalized spacial score (nSPS) is 11.2. The molecule has 88 valence electrons. The van der Waals surface area contributed by atoms with E-state index in [-0.39, 0.29) is 11.3 Å². The van der Waals surface area contributed by atoms with Crippen LogP contribution in [0, 0.1) is 0 Å². The number of hydrogen-bond donors (Lipinski definition) is 1. The van der Waals surface area contributed by atoms with Crippen LogP contribution in [0.1, 0.15) is 45.6 Å². The number of carbonyl (C=O) groups is 1. The molecule has 0 saturated heterocycles. The van der Waals surface area contributed by atoms with Crippen molar-refractivity contribution in [3.05, 3.63) is 17.7 Å². The van der Waals surface area contributed by atoms with Crippen LogP contribution in [-0.4, -0.2) is 21.1 Å². The van der Waals surface area contributed by atoms with E-state index in [2.05, 4.69) is 20.5 Å². The van der Waals surface area contributed by atoms with Crippen LogP contribution < -0.4 is 5.32 Å². The van der Waals surface area contributed by atoms with Gasteiger partial charge in [-0.2, -0.15) is 5.10 Å². The summed E-state index contributed by atoms with van der Waals surface area (Å²) in [6, 6.07) is 0. The van der Waals surface area contributed by atoms with E-state index in [9.17, 15) is 4.79 Å². The molecule has 0 aliphatic carbocycles. The van der Waals surface area contributed by atoms with Crippen LogP contribution in [-0.2, 0) is 16.8 Å². The monoisotopic (exact) mass is 222 g/mol. The molecule has 0 atom stereocenters. The van der Waals surface area contributed by atoms with Gasteiger partial charge in [-0.05, 0) is 0 Å². The molecule has 0 spiro atoms. The van der Waals surface area contributed by atoms with E-state index in [1.54, 1.807) is 6.20 Å². The van der Waals surface area contributed by atoms with Crippen LogP contribution in [0.4, 0.5) is 0 Å². The van der Waals surface area contributed by atoms with Gasteiger partial charge in [-0.3, -0.25) is 4.79 Å². The number of hydrogen-bond acceptors (Lipinski definition) is 4. The van der Waals surface area contributed by atoms with Gasteiger partial charge in [-0.25, -0.2) is 4.98 Å². The maximum absolute atomic E-state index is 11.0. The van der Waals surface area contributed by atoms with Gasteiger partial charge in [0.1, 0.15) is 5.69 Å². The third kappa shape index (κ3) is 3.56. The van der Waals surface area contributed by atoms with E-state index in [1.807, 2.05) is 27.7 Å². The maximum Gasteiger partial charge on any atom is 0.220 e. The number of nitrogens with zero attached hydrogens (tertiary/aromatic N) is 3. The molecule has 1 rings (SSSR count). The van der Waals surface area contributed by atoms with E-state index < -0.39 is 0 Å². The Bertz CT molecular complexity index is 353. The molecule has 0 saturated carbocycles. The molecule has 0 aromatic carbocycles. The highest BCUT2D eigenvalue weighted by molar-refractivity contribution is 5.75. The van der Waals surface area contributed by atoms with Crippen LogP contribution in [0.5, 0.6) is 0 Å². The molecule has 0 fully saturated rings. The average Bonchev–Trinajstić information content (AvgIpc) is 2.25. The lowest BCUT2D eigenvalue weighted by Crippen LogP contribution is -2.23. The summed E-state index contributed by atoms with van der Waals surface area (Å²) < 4.78 is 0. The second kappa shape index (κ2) is 5.01. The molecule has 5 heteroatoms. The highest BCUT2D eigenvalue weighted by Gasteiger charge is 2.17. The summed E-state index contributed by atoms with van der Waals surface area (Å²) in [5, 5.41) is 10.8. The van der Waals surface area contributed by atoms with E-state index in [1.165, 1.54) is 0 Å². The van der Waals surface area contributed by atoms with Gasteiger partial charge in [-0.15, -0.1) is 5.10 Å². The van der Waals surface area contributed by atoms with Crippen molar-refractivity contribution in [1.29, 1.82) is 0 Å². The third-order valence-electron chi connectivity index (χ3n) is 2.07. The molecule has 0 unspecified atom stereocenters. The Morgan fingerprint density at radius 1 is 1.38 bits per heavy atom. The minimum absolute atomic E-state index is 0.00157. The maximum atomic E-state index is 11.0. The van der Waals surface area contributed by atoms with E-state index in [4.69, 9.17) is 0 Å². The van der Waals surface area contributed by atoms with Crippen LogP contribution in [0.2, 0.25) is 0 Å². The molecule has 1 aromatic heterocycles. The quantitative estimate of drug-likeness (QED) is 0.834. The number of nitrogens with one attached hydrogen (secondary N) is 1. The molecule has 1 N–H and O–H groups in total. The molecule has 0 radical (unpaired) electrons. The summed E-state index contributed by atoms with van der Waals surface area (Å²) in [6.07, 6.45) is 2.13. The van der Waals surface area contributed by atoms with Gasteiger partial charge in [-0.1, -0.05) is 27.7 Å². The van der Waals surface area contributed by atoms with Crippen LogP contribution in [0.3, 0.4) is 0 Å². The van der Waals surface area contributed by atoms with Gasteiger partial charge in [0.2, 0.25) is 5.91 Å². The average molecular weight is 222 g/mol. The topological polar surface area (TPSA) is 67.8 Å². The SMILES string of the molecule is CCC(=O)NCc1cnc(C(C)(C)C)nn1. The minimum atomic E-state index is -0.0990. The summed E-state index contributed by atoms with van der Waals surface area (Å²) in [5.74, 6) is 0.708. The Labute approximate surface area is 95.7 Å². The van der Waals surface area contributed by atoms with Gasteiger partial charge >= 0.3 is 0 Å². The second-order valence-electron chi connectivity index (χ2n) is 4.65. The van der Waals surface area contributed by atoms with Gasteiger partial charge in [0.15, 0.2) is 5.82 Å². The molecular weight excluding hydrogens is 204 g/mol. The first-order valence-corrected chi connectivity index (χ1v) is 5.39. The fourth-order valence-corrected chi connectivity index (χ4v) is 1.04. The van der Waals surface area contributed by atoms with E-state index >= 15 is 0 Å². The van der Waals surface area contributed by atoms with Crippen LogP contribution in [0.15, 0.2) is 6.20 Å². The molecule has 0 aliphatic heterocycles. The largest absolute Gasteiger partial charge is 0.350 e. The third-order valence-corrected chi connectivity index (χ3v) is 2.07. The minimum Gasteiger partial charge on any atom is -0.350 e. The Morgan fingerprint density at radius 3 is 2.50 bits per heavy atom. The number of amides is 1. The zero-order valence-electron chi connectivity index (χ0n) is 10.2. The predicted octanol–water partition coefficient (Wildman–Crippen LogP) is 1.20. The molecule has 1 aromatic rings. The van der Waals surface area contributed by atoms with Crippen molar-refractivity contribution < 1.29 is 4.79 Å². The first-order chi connectivity index (χ1) is 7.43. The summed E-state index contributed by atoms with van der Waals surface area (Å²) in [4.78, 5) is 15.3. The van der Waals surface area contributed by atoms with Crippen molar-refractivity contribution in [2.24, 2.45) is 0 Å². The van der Waals surface area contributed by atoms with Gasteiger partial charge in [0, 0.05) is 11.8 Å². The smallest absolute Gasteiger partial charge is 0.220 e. The summed E-state index contributed by atoms with van der Waals surface area (Å²) >= 11 is 0. The van der Waals surface area contributed by atoms with Crippen molar-refractivity contribution in [1.82, 2.24) is 20.5 Å². The fraction of sp³-hybridized carbons (Fsp3) is 0.636. The highest BCUT2D eigenvalue weighted by atomic mass is 16.1. The molecule has 0 aliphatic rings. The van der Waals surface area contributed by atoms with Crippen molar-refractivity contribution in [3.63, 3.8) is 0 Å². The van der Waals surface area contributed by atoms with Gasteiger partial charge in [0.25, 0.3) is 0 Å². The predicted molar refractivity (Wildman–Crippen MR) is 60.7 cm³/mol. The molecular formula is C11H18N4O. The Hall–Kier alpha value is -1.52. The first kappa shape index (κ1) is 12.5. The van der Waals surface area contributed by atoms with Crippen molar-refractivity contribution in [2.45, 2.75) is 46.1 Å². The van der Waals surface area contributed by atoms with E-state index in [0.29, 0.717) is 24.5 Å². The lowest BCUT2D eigenvalue weighted by atomic mass is 9.96. The number of rotatable bonds is 3. The van der Waals surface area contributed by atoms with E-state index in [0.717, 1.165) is 0 Å². The zero-order chi connectivity index (χ0) is 12.2. The lowest BCUT2D eigenvalue weighted by Gasteiger charge is -2.15. The Kier molecular flexibility index (Phi) is 3.93. The molecule has 0 bridgehead atoms. The first-order valence-electron chi connectivity index (χ1n) is 5.39. The van der Waals surface area contributed by atoms with Crippen LogP contribution >= 0.6 is 0 Å². The molecule has 16 heavy (non-hydrogen) atoms. The Morgan fingerprint density at radius 2 is 2.06 bits per heavy atom. The molecule has 5 nitrogen and oxygen atoms in total. The van der Waals surface area contributed by atoms with Gasteiger partial charge in [0.05, 0.1) is 12.7 Å². The van der Waals surface area contributed by atoms with Crippen molar-refractivity contribution >= 4 is 5.91 Å². The van der Waals surface area contributed by atoms with Gasteiger partial charge < -0.3 is 5.32 Å². The van der Waals surface area contributed by atoms with Crippen molar-refractivity contribution in [3.8, 4) is 0 Å². The summed E-state index contributed by atoms with van der Waals surface area (Å²) in [5.41, 5.74) is 0.577. The number of aromatic nitrogens is 3. The Balaban J connectivity index is 2.62. The molecule has 1 heterocycles. The number of carbonyl (C=O) groups excluding carboxylic acids is 1.